The molecule has 4 N–H and O–H groups in total. The molecule has 1 aromatic rings. The molecule has 19 heavy (non-hydrogen) atoms. The van der Waals surface area contributed by atoms with Gasteiger partial charge in [0.05, 0.1) is 0 Å². The summed E-state index contributed by atoms with van der Waals surface area (Å²) < 4.78 is 11.1. The fourth-order valence-electron chi connectivity index (χ4n) is 1.54. The molecule has 0 amide bonds. The summed E-state index contributed by atoms with van der Waals surface area (Å²) in [5.74, 6) is 8.38. The van der Waals surface area contributed by atoms with Crippen LogP contribution in [0.2, 0.25) is 0 Å². The summed E-state index contributed by atoms with van der Waals surface area (Å²) in [4.78, 5) is 8.75. The number of hydrogen-bond donors (Lipinski definition) is 3. The van der Waals surface area contributed by atoms with Crippen molar-refractivity contribution in [2.75, 3.05) is 22.8 Å². The van der Waals surface area contributed by atoms with E-state index in [1.807, 2.05) is 20.8 Å². The first-order chi connectivity index (χ1) is 8.92. The maximum absolute atomic E-state index is 11.1. The van der Waals surface area contributed by atoms with E-state index >= 15 is 0 Å². The van der Waals surface area contributed by atoms with Crippen molar-refractivity contribution in [1.29, 1.82) is 0 Å². The lowest BCUT2D eigenvalue weighted by molar-refractivity contribution is 0.678. The predicted octanol–water partition coefficient (Wildman–Crippen LogP) is 1.45. The van der Waals surface area contributed by atoms with Gasteiger partial charge in [-0.3, -0.25) is 4.21 Å². The smallest absolute Gasteiger partial charge is 0.145 e. The van der Waals surface area contributed by atoms with Crippen LogP contribution in [-0.4, -0.2) is 32.2 Å². The lowest BCUT2D eigenvalue weighted by atomic mass is 10.2. The van der Waals surface area contributed by atoms with Crippen LogP contribution in [0.3, 0.4) is 0 Å². The Morgan fingerprint density at radius 3 is 2.47 bits per heavy atom. The topological polar surface area (TPSA) is 92.9 Å². The molecule has 6 nitrogen and oxygen atoms in total. The number of aromatic nitrogens is 2. The van der Waals surface area contributed by atoms with Gasteiger partial charge in [0.15, 0.2) is 0 Å². The number of anilines is 2. The van der Waals surface area contributed by atoms with Crippen LogP contribution in [0.25, 0.3) is 0 Å². The third-order valence-electron chi connectivity index (χ3n) is 2.64. The Morgan fingerprint density at radius 1 is 1.32 bits per heavy atom. The van der Waals surface area contributed by atoms with Crippen LogP contribution < -0.4 is 16.6 Å². The largest absolute Gasteiger partial charge is 0.367 e. The summed E-state index contributed by atoms with van der Waals surface area (Å²) in [7, 11) is -0.767. The van der Waals surface area contributed by atoms with Crippen LogP contribution in [0.1, 0.15) is 38.9 Å². The minimum Gasteiger partial charge on any atom is -0.367 e. The molecule has 0 saturated carbocycles. The van der Waals surface area contributed by atoms with Gasteiger partial charge in [-0.25, -0.2) is 15.8 Å². The molecule has 7 heteroatoms. The molecule has 0 aromatic carbocycles. The molecule has 0 saturated heterocycles. The quantitative estimate of drug-likeness (QED) is 0.519. The number of hydrogen-bond acceptors (Lipinski definition) is 6. The van der Waals surface area contributed by atoms with Crippen molar-refractivity contribution in [1.82, 2.24) is 9.97 Å². The third kappa shape index (κ3) is 5.52. The first kappa shape index (κ1) is 15.8. The fraction of sp³-hybridized carbons (Fsp3) is 0.667. The summed E-state index contributed by atoms with van der Waals surface area (Å²) in [6.07, 6.45) is 2.54. The Balaban J connectivity index is 2.76. The van der Waals surface area contributed by atoms with Crippen molar-refractivity contribution in [2.24, 2.45) is 5.84 Å². The van der Waals surface area contributed by atoms with Gasteiger partial charge in [-0.05, 0) is 13.3 Å². The van der Waals surface area contributed by atoms with E-state index in [0.717, 1.165) is 18.1 Å². The Morgan fingerprint density at radius 2 is 1.95 bits per heavy atom. The zero-order valence-corrected chi connectivity index (χ0v) is 12.8. The zero-order chi connectivity index (χ0) is 14.4. The van der Waals surface area contributed by atoms with Crippen LogP contribution in [0.4, 0.5) is 11.6 Å². The molecule has 2 unspecified atom stereocenters. The first-order valence-electron chi connectivity index (χ1n) is 6.34. The Bertz CT molecular complexity index is 438. The van der Waals surface area contributed by atoms with Gasteiger partial charge in [0.2, 0.25) is 0 Å². The van der Waals surface area contributed by atoms with Gasteiger partial charge in [0.25, 0.3) is 0 Å². The summed E-state index contributed by atoms with van der Waals surface area (Å²) in [6, 6.07) is 1.97. The number of nitrogens with zero attached hydrogens (tertiary/aromatic N) is 2. The van der Waals surface area contributed by atoms with Crippen molar-refractivity contribution in [3.63, 3.8) is 0 Å². The minimum absolute atomic E-state index is 0.199. The summed E-state index contributed by atoms with van der Waals surface area (Å²) in [5, 5.41) is 3.29. The monoisotopic (exact) mass is 285 g/mol. The highest BCUT2D eigenvalue weighted by molar-refractivity contribution is 7.84. The van der Waals surface area contributed by atoms with E-state index in [-0.39, 0.29) is 12.0 Å². The SMILES string of the molecule is CC(CCS(C)=O)Nc1cc(NN)nc(C(C)C)n1. The lowest BCUT2D eigenvalue weighted by Crippen LogP contribution is -2.20. The normalized spacial score (nSPS) is 14.2. The van der Waals surface area contributed by atoms with E-state index in [4.69, 9.17) is 5.84 Å². The van der Waals surface area contributed by atoms with Crippen molar-refractivity contribution >= 4 is 22.4 Å². The second-order valence-corrected chi connectivity index (χ2v) is 6.46. The molecule has 1 heterocycles. The molecule has 0 spiro atoms. The van der Waals surface area contributed by atoms with Crippen LogP contribution in [-0.2, 0) is 10.8 Å². The molecule has 0 aliphatic heterocycles. The molecule has 0 radical (unpaired) electrons. The van der Waals surface area contributed by atoms with Crippen molar-refractivity contribution in [3.8, 4) is 0 Å². The molecular weight excluding hydrogens is 262 g/mol. The minimum atomic E-state index is -0.767. The average molecular weight is 285 g/mol. The molecule has 0 bridgehead atoms. The van der Waals surface area contributed by atoms with Crippen LogP contribution in [0.5, 0.6) is 0 Å². The number of rotatable bonds is 7. The maximum atomic E-state index is 11.1. The molecule has 108 valence electrons. The summed E-state index contributed by atoms with van der Waals surface area (Å²) in [6.45, 7) is 6.10. The van der Waals surface area contributed by atoms with Crippen molar-refractivity contribution in [3.05, 3.63) is 11.9 Å². The van der Waals surface area contributed by atoms with Gasteiger partial charge in [-0.2, -0.15) is 0 Å². The van der Waals surface area contributed by atoms with E-state index in [1.165, 1.54) is 0 Å². The van der Waals surface area contributed by atoms with E-state index < -0.39 is 10.8 Å². The predicted molar refractivity (Wildman–Crippen MR) is 80.6 cm³/mol. The summed E-state index contributed by atoms with van der Waals surface area (Å²) in [5.41, 5.74) is 2.55. The highest BCUT2D eigenvalue weighted by Gasteiger charge is 2.10. The Hall–Kier alpha value is -1.21. The molecule has 0 aliphatic rings. The van der Waals surface area contributed by atoms with Crippen LogP contribution >= 0.6 is 0 Å². The Kier molecular flexibility index (Phi) is 6.17. The second-order valence-electron chi connectivity index (χ2n) is 4.91. The van der Waals surface area contributed by atoms with E-state index in [9.17, 15) is 4.21 Å². The van der Waals surface area contributed by atoms with Gasteiger partial charge in [-0.15, -0.1) is 0 Å². The van der Waals surface area contributed by atoms with Gasteiger partial charge < -0.3 is 10.7 Å². The van der Waals surface area contributed by atoms with Gasteiger partial charge in [-0.1, -0.05) is 13.8 Å². The van der Waals surface area contributed by atoms with E-state index in [0.29, 0.717) is 11.6 Å². The standard InChI is InChI=1S/C12H23N5OS/c1-8(2)12-15-10(7-11(16-12)17-13)14-9(3)5-6-19(4)18/h7-9H,5-6,13H2,1-4H3,(H2,14,15,16,17). The van der Waals surface area contributed by atoms with Gasteiger partial charge >= 0.3 is 0 Å². The molecule has 0 aliphatic carbocycles. The second kappa shape index (κ2) is 7.40. The van der Waals surface area contributed by atoms with E-state index in [2.05, 4.69) is 20.7 Å². The first-order valence-corrected chi connectivity index (χ1v) is 8.07. The van der Waals surface area contributed by atoms with E-state index in [1.54, 1.807) is 12.3 Å². The highest BCUT2D eigenvalue weighted by Crippen LogP contribution is 2.17. The van der Waals surface area contributed by atoms with Crippen LogP contribution in [0.15, 0.2) is 6.07 Å². The molecular formula is C12H23N5OS. The number of nitrogen functional groups attached to an aromatic ring is 1. The molecule has 1 aromatic heterocycles. The fourth-order valence-corrected chi connectivity index (χ4v) is 2.22. The number of hydrazine groups is 1. The third-order valence-corrected chi connectivity index (χ3v) is 3.45. The van der Waals surface area contributed by atoms with Gasteiger partial charge in [0.1, 0.15) is 17.5 Å². The Labute approximate surface area is 117 Å². The zero-order valence-electron chi connectivity index (χ0n) is 11.9. The highest BCUT2D eigenvalue weighted by atomic mass is 32.2. The maximum Gasteiger partial charge on any atom is 0.145 e. The van der Waals surface area contributed by atoms with Crippen molar-refractivity contribution < 1.29 is 4.21 Å². The number of nitrogens with two attached hydrogens (primary N) is 1. The molecule has 1 rings (SSSR count). The molecule has 0 fully saturated rings. The van der Waals surface area contributed by atoms with Crippen LogP contribution in [0, 0.1) is 0 Å². The van der Waals surface area contributed by atoms with Crippen molar-refractivity contribution in [2.45, 2.75) is 39.2 Å². The average Bonchev–Trinajstić information content (AvgIpc) is 2.35. The number of nitrogens with one attached hydrogen (secondary N) is 2. The molecule has 2 atom stereocenters. The summed E-state index contributed by atoms with van der Waals surface area (Å²) >= 11 is 0. The lowest BCUT2D eigenvalue weighted by Gasteiger charge is -2.16. The van der Waals surface area contributed by atoms with Gasteiger partial charge in [0, 0.05) is 40.8 Å².